The fourth-order valence-electron chi connectivity index (χ4n) is 1.62. The van der Waals surface area contributed by atoms with Gasteiger partial charge in [-0.2, -0.15) is 0 Å². The fraction of sp³-hybridized carbons (Fsp3) is 0.143. The Morgan fingerprint density at radius 3 is 2.06 bits per heavy atom. The average molecular weight is 283 g/mol. The van der Waals surface area contributed by atoms with Gasteiger partial charge in [0, 0.05) is 11.3 Å². The topological polar surface area (TPSA) is 17.1 Å². The molecule has 0 spiro atoms. The Balaban J connectivity index is 2.19. The van der Waals surface area contributed by atoms with E-state index in [0.29, 0.717) is 4.90 Å². The van der Waals surface area contributed by atoms with Crippen molar-refractivity contribution >= 4 is 22.4 Å². The Hall–Kier alpha value is -1.19. The summed E-state index contributed by atoms with van der Waals surface area (Å²) < 4.78 is 24.1. The van der Waals surface area contributed by atoms with Gasteiger partial charge in [0.05, 0.1) is 0 Å². The molecule has 2 aromatic rings. The summed E-state index contributed by atoms with van der Waals surface area (Å²) in [5.74, 6) is 0. The normalized spacial score (nSPS) is 15.9. The molecule has 2 unspecified atom stereocenters. The second kappa shape index (κ2) is 5.63. The van der Waals surface area contributed by atoms with Crippen molar-refractivity contribution < 1.29 is 8.60 Å². The monoisotopic (exact) mass is 282 g/mol. The van der Waals surface area contributed by atoms with Crippen molar-refractivity contribution in [3.05, 3.63) is 66.2 Å². The highest BCUT2D eigenvalue weighted by Crippen LogP contribution is 2.31. The molecule has 0 heterocycles. The summed E-state index contributed by atoms with van der Waals surface area (Å²) in [5.41, 5.74) is 0.722. The van der Waals surface area contributed by atoms with Crippen LogP contribution in [0.2, 0.25) is 0 Å². The molecule has 2 rings (SSSR count). The quantitative estimate of drug-likeness (QED) is 0.778. The van der Waals surface area contributed by atoms with E-state index in [-0.39, 0.29) is 6.42 Å². The minimum atomic E-state index is -2.29. The Kier molecular flexibility index (Phi) is 4.15. The first-order valence-corrected chi connectivity index (χ1v) is 7.01. The van der Waals surface area contributed by atoms with Crippen LogP contribution in [0.3, 0.4) is 0 Å². The molecule has 0 amide bonds. The summed E-state index contributed by atoms with van der Waals surface area (Å²) in [7, 11) is -1.90. The van der Waals surface area contributed by atoms with Gasteiger partial charge in [-0.15, -0.1) is 0 Å². The van der Waals surface area contributed by atoms with E-state index in [4.69, 9.17) is 11.6 Å². The van der Waals surface area contributed by atoms with E-state index < -0.39 is 15.3 Å². The molecular weight excluding hydrogens is 271 g/mol. The van der Waals surface area contributed by atoms with Crippen molar-refractivity contribution in [2.45, 2.75) is 15.8 Å². The van der Waals surface area contributed by atoms with Crippen molar-refractivity contribution in [1.29, 1.82) is 0 Å². The summed E-state index contributed by atoms with van der Waals surface area (Å²) in [6.07, 6.45) is -0.0864. The molecule has 2 atom stereocenters. The molecule has 2 aromatic carbocycles. The standard InChI is InChI=1S/C14H12ClFOS/c15-14(16,11-12-7-3-1-4-8-12)18(17)13-9-5-2-6-10-13/h1-10H,11H2. The predicted octanol–water partition coefficient (Wildman–Crippen LogP) is 3.90. The molecule has 0 aliphatic carbocycles. The smallest absolute Gasteiger partial charge is 0.250 e. The molecule has 94 valence electrons. The van der Waals surface area contributed by atoms with Gasteiger partial charge >= 0.3 is 0 Å². The predicted molar refractivity (Wildman–Crippen MR) is 72.7 cm³/mol. The molecule has 0 bridgehead atoms. The zero-order chi connectivity index (χ0) is 13.0. The zero-order valence-corrected chi connectivity index (χ0v) is 11.1. The van der Waals surface area contributed by atoms with Crippen LogP contribution in [0.25, 0.3) is 0 Å². The number of rotatable bonds is 4. The van der Waals surface area contributed by atoms with Crippen molar-refractivity contribution in [2.24, 2.45) is 0 Å². The Bertz CT molecular complexity index is 528. The van der Waals surface area contributed by atoms with E-state index in [1.165, 1.54) is 0 Å². The lowest BCUT2D eigenvalue weighted by molar-refractivity contribution is 0.387. The first-order chi connectivity index (χ1) is 8.59. The third kappa shape index (κ3) is 3.18. The van der Waals surface area contributed by atoms with Crippen LogP contribution in [0.4, 0.5) is 4.39 Å². The maximum absolute atomic E-state index is 14.3. The lowest BCUT2D eigenvalue weighted by Gasteiger charge is -2.17. The van der Waals surface area contributed by atoms with E-state index in [1.807, 2.05) is 6.07 Å². The van der Waals surface area contributed by atoms with Gasteiger partial charge in [-0.3, -0.25) is 0 Å². The molecule has 18 heavy (non-hydrogen) atoms. The molecular formula is C14H12ClFOS. The van der Waals surface area contributed by atoms with E-state index in [2.05, 4.69) is 0 Å². The van der Waals surface area contributed by atoms with Crippen molar-refractivity contribution in [1.82, 2.24) is 0 Å². The molecule has 0 N–H and O–H groups in total. The number of alkyl halides is 2. The van der Waals surface area contributed by atoms with Crippen LogP contribution in [0.15, 0.2) is 65.6 Å². The average Bonchev–Trinajstić information content (AvgIpc) is 2.39. The van der Waals surface area contributed by atoms with Crippen LogP contribution in [0.1, 0.15) is 5.56 Å². The van der Waals surface area contributed by atoms with Crippen LogP contribution in [0.5, 0.6) is 0 Å². The zero-order valence-electron chi connectivity index (χ0n) is 9.55. The van der Waals surface area contributed by atoms with Gasteiger partial charge in [-0.1, -0.05) is 60.1 Å². The van der Waals surface area contributed by atoms with Crippen LogP contribution >= 0.6 is 11.6 Å². The maximum Gasteiger partial charge on any atom is 0.265 e. The van der Waals surface area contributed by atoms with E-state index in [0.717, 1.165) is 5.56 Å². The van der Waals surface area contributed by atoms with Gasteiger partial charge in [0.15, 0.2) is 0 Å². The first kappa shape index (κ1) is 13.2. The molecule has 4 heteroatoms. The fourth-order valence-corrected chi connectivity index (χ4v) is 3.08. The van der Waals surface area contributed by atoms with Gasteiger partial charge in [-0.05, 0) is 17.7 Å². The molecule has 0 saturated heterocycles. The number of benzene rings is 2. The third-order valence-electron chi connectivity index (χ3n) is 2.48. The van der Waals surface area contributed by atoms with E-state index in [1.54, 1.807) is 54.6 Å². The molecule has 0 saturated carbocycles. The Morgan fingerprint density at radius 1 is 1.00 bits per heavy atom. The van der Waals surface area contributed by atoms with Crippen LogP contribution in [-0.2, 0) is 17.2 Å². The minimum Gasteiger partial charge on any atom is -0.250 e. The van der Waals surface area contributed by atoms with Gasteiger partial charge < -0.3 is 0 Å². The first-order valence-electron chi connectivity index (χ1n) is 5.48. The second-order valence-electron chi connectivity index (χ2n) is 3.88. The summed E-state index contributed by atoms with van der Waals surface area (Å²) in [6, 6.07) is 17.4. The molecule has 0 fully saturated rings. The van der Waals surface area contributed by atoms with E-state index >= 15 is 0 Å². The Labute approximate surface area is 113 Å². The molecule has 0 aliphatic heterocycles. The lowest BCUT2D eigenvalue weighted by atomic mass is 10.2. The highest BCUT2D eigenvalue weighted by Gasteiger charge is 2.35. The molecule has 0 aromatic heterocycles. The highest BCUT2D eigenvalue weighted by molar-refractivity contribution is 7.87. The largest absolute Gasteiger partial charge is 0.265 e. The van der Waals surface area contributed by atoms with E-state index in [9.17, 15) is 8.60 Å². The molecule has 0 aliphatic rings. The summed E-state index contributed by atoms with van der Waals surface area (Å²) >= 11 is 5.79. The molecule has 1 nitrogen and oxygen atoms in total. The Morgan fingerprint density at radius 2 is 1.50 bits per heavy atom. The number of halogens is 2. The third-order valence-corrected chi connectivity index (χ3v) is 4.42. The number of hydrogen-bond acceptors (Lipinski definition) is 1. The van der Waals surface area contributed by atoms with Crippen molar-refractivity contribution in [3.63, 3.8) is 0 Å². The van der Waals surface area contributed by atoms with Crippen molar-refractivity contribution in [3.8, 4) is 0 Å². The summed E-state index contributed by atoms with van der Waals surface area (Å²) in [5, 5.41) is 0. The van der Waals surface area contributed by atoms with Crippen LogP contribution in [0, 0.1) is 0 Å². The highest BCUT2D eigenvalue weighted by atomic mass is 35.5. The van der Waals surface area contributed by atoms with Crippen LogP contribution in [-0.4, -0.2) is 8.67 Å². The second-order valence-corrected chi connectivity index (χ2v) is 6.36. The number of hydrogen-bond donors (Lipinski definition) is 0. The molecule has 0 radical (unpaired) electrons. The van der Waals surface area contributed by atoms with Crippen LogP contribution < -0.4 is 0 Å². The summed E-state index contributed by atoms with van der Waals surface area (Å²) in [6.45, 7) is 0. The minimum absolute atomic E-state index is 0.0864. The van der Waals surface area contributed by atoms with Gasteiger partial charge in [0.2, 0.25) is 0 Å². The van der Waals surface area contributed by atoms with Gasteiger partial charge in [0.25, 0.3) is 4.46 Å². The van der Waals surface area contributed by atoms with Gasteiger partial charge in [0.1, 0.15) is 10.8 Å². The van der Waals surface area contributed by atoms with Crippen molar-refractivity contribution in [2.75, 3.05) is 0 Å². The maximum atomic E-state index is 14.3. The van der Waals surface area contributed by atoms with Gasteiger partial charge in [-0.25, -0.2) is 8.60 Å². The SMILES string of the molecule is O=S(c1ccccc1)C(F)(Cl)Cc1ccccc1. The summed E-state index contributed by atoms with van der Waals surface area (Å²) in [4.78, 5) is 0.394. The lowest BCUT2D eigenvalue weighted by Crippen LogP contribution is -2.24.